The molecule has 0 fully saturated rings. The molecule has 0 spiro atoms. The zero-order chi connectivity index (χ0) is 32.5. The highest BCUT2D eigenvalue weighted by Gasteiger charge is 2.27. The molecule has 4 N–H and O–H groups in total. The van der Waals surface area contributed by atoms with Crippen molar-refractivity contribution in [2.75, 3.05) is 14.1 Å². The highest BCUT2D eigenvalue weighted by molar-refractivity contribution is 5.88. The van der Waals surface area contributed by atoms with Crippen molar-refractivity contribution in [1.82, 2.24) is 14.8 Å². The standard InChI is InChI=1S/C37H46FN3O4/c1-25(2)41-33(19-18-31(42)20-32(43)21-35(44)45)36(29-14-16-30(38)17-15-29)37(28-8-6-5-7-9-28)34(41)23-39-22-26-10-12-27(13-11-26)24-40(3)4/h5-17,25,31-32,39,42-43H,18-24H2,1-4H3,(H,44,45). The summed E-state index contributed by atoms with van der Waals surface area (Å²) in [6, 6.07) is 25.4. The lowest BCUT2D eigenvalue weighted by Crippen LogP contribution is -2.22. The van der Waals surface area contributed by atoms with E-state index in [2.05, 4.69) is 79.1 Å². The molecule has 1 heterocycles. The maximum atomic E-state index is 14.1. The number of hydrogen-bond donors (Lipinski definition) is 4. The molecule has 2 atom stereocenters. The molecule has 1 aromatic heterocycles. The SMILES string of the molecule is CC(C)n1c(CCC(O)CC(O)CC(=O)O)c(-c2ccc(F)cc2)c(-c2ccccc2)c1CNCc1ccc(CN(C)C)cc1. The van der Waals surface area contributed by atoms with Crippen LogP contribution in [0.1, 0.15) is 61.7 Å². The summed E-state index contributed by atoms with van der Waals surface area (Å²) < 4.78 is 16.4. The molecule has 4 aromatic rings. The quantitative estimate of drug-likeness (QED) is 0.116. The lowest BCUT2D eigenvalue weighted by atomic mass is 9.93. The Labute approximate surface area is 266 Å². The van der Waals surface area contributed by atoms with E-state index >= 15 is 0 Å². The molecule has 0 aliphatic heterocycles. The number of rotatable bonds is 16. The molecule has 0 amide bonds. The molecule has 0 aliphatic rings. The molecule has 0 saturated carbocycles. The molecule has 3 aromatic carbocycles. The van der Waals surface area contributed by atoms with Crippen molar-refractivity contribution in [3.63, 3.8) is 0 Å². The Bertz CT molecular complexity index is 1520. The van der Waals surface area contributed by atoms with Gasteiger partial charge < -0.3 is 30.1 Å². The minimum atomic E-state index is -1.12. The predicted octanol–water partition coefficient (Wildman–Crippen LogP) is 6.41. The average Bonchev–Trinajstić information content (AvgIpc) is 3.31. The van der Waals surface area contributed by atoms with Gasteiger partial charge in [0.05, 0.1) is 18.6 Å². The molecule has 0 radical (unpaired) electrons. The van der Waals surface area contributed by atoms with Gasteiger partial charge in [0.15, 0.2) is 0 Å². The first-order chi connectivity index (χ1) is 21.5. The number of carbonyl (C=O) groups is 1. The van der Waals surface area contributed by atoms with Crippen LogP contribution in [0.5, 0.6) is 0 Å². The van der Waals surface area contributed by atoms with E-state index in [0.717, 1.165) is 40.2 Å². The first kappa shape index (κ1) is 34.1. The first-order valence-corrected chi connectivity index (χ1v) is 15.6. The molecule has 2 unspecified atom stereocenters. The largest absolute Gasteiger partial charge is 0.481 e. The summed E-state index contributed by atoms with van der Waals surface area (Å²) in [5, 5.41) is 33.7. The third kappa shape index (κ3) is 9.34. The molecule has 0 bridgehead atoms. The van der Waals surface area contributed by atoms with Crippen LogP contribution in [0.15, 0.2) is 78.9 Å². The summed E-state index contributed by atoms with van der Waals surface area (Å²) in [5.74, 6) is -1.41. The van der Waals surface area contributed by atoms with E-state index in [1.54, 1.807) is 12.1 Å². The lowest BCUT2D eigenvalue weighted by Gasteiger charge is -2.20. The zero-order valence-corrected chi connectivity index (χ0v) is 26.7. The summed E-state index contributed by atoms with van der Waals surface area (Å²) in [5.41, 5.74) is 8.50. The summed E-state index contributed by atoms with van der Waals surface area (Å²) >= 11 is 0. The number of halogens is 1. The van der Waals surface area contributed by atoms with Crippen molar-refractivity contribution in [1.29, 1.82) is 0 Å². The topological polar surface area (TPSA) is 98.0 Å². The van der Waals surface area contributed by atoms with Crippen molar-refractivity contribution >= 4 is 5.97 Å². The van der Waals surface area contributed by atoms with Crippen LogP contribution < -0.4 is 5.32 Å². The number of aliphatic carboxylic acids is 1. The van der Waals surface area contributed by atoms with Crippen LogP contribution >= 0.6 is 0 Å². The van der Waals surface area contributed by atoms with E-state index in [9.17, 15) is 19.4 Å². The van der Waals surface area contributed by atoms with Crippen molar-refractivity contribution in [2.24, 2.45) is 0 Å². The van der Waals surface area contributed by atoms with Crippen LogP contribution in [0.2, 0.25) is 0 Å². The van der Waals surface area contributed by atoms with Crippen LogP contribution in [0.4, 0.5) is 4.39 Å². The maximum Gasteiger partial charge on any atom is 0.305 e. The number of benzene rings is 3. The number of nitrogens with zero attached hydrogens (tertiary/aromatic N) is 2. The average molecular weight is 616 g/mol. The first-order valence-electron chi connectivity index (χ1n) is 15.6. The zero-order valence-electron chi connectivity index (χ0n) is 26.7. The van der Waals surface area contributed by atoms with Crippen LogP contribution in [0.3, 0.4) is 0 Å². The normalized spacial score (nSPS) is 13.0. The predicted molar refractivity (Wildman–Crippen MR) is 177 cm³/mol. The van der Waals surface area contributed by atoms with E-state index in [1.165, 1.54) is 23.3 Å². The molecular weight excluding hydrogens is 569 g/mol. The van der Waals surface area contributed by atoms with Crippen LogP contribution in [-0.4, -0.2) is 57.1 Å². The van der Waals surface area contributed by atoms with E-state index in [-0.39, 0.29) is 18.3 Å². The van der Waals surface area contributed by atoms with Crippen molar-refractivity contribution in [2.45, 2.75) is 77.4 Å². The molecule has 7 nitrogen and oxygen atoms in total. The molecule has 240 valence electrons. The lowest BCUT2D eigenvalue weighted by molar-refractivity contribution is -0.139. The second-order valence-electron chi connectivity index (χ2n) is 12.3. The fourth-order valence-electron chi connectivity index (χ4n) is 6.05. The van der Waals surface area contributed by atoms with E-state index < -0.39 is 24.6 Å². The van der Waals surface area contributed by atoms with Gasteiger partial charge in [-0.25, -0.2) is 4.39 Å². The Morgan fingerprint density at radius 2 is 1.42 bits per heavy atom. The minimum absolute atomic E-state index is 0.0200. The van der Waals surface area contributed by atoms with Gasteiger partial charge in [0.1, 0.15) is 5.82 Å². The molecule has 0 saturated heterocycles. The number of carboxylic acids is 1. The van der Waals surface area contributed by atoms with Gasteiger partial charge in [0.2, 0.25) is 0 Å². The van der Waals surface area contributed by atoms with Gasteiger partial charge in [-0.05, 0) is 81.6 Å². The second-order valence-corrected chi connectivity index (χ2v) is 12.3. The number of carboxylic acid groups (broad SMARTS) is 1. The summed E-state index contributed by atoms with van der Waals surface area (Å²) in [4.78, 5) is 13.2. The molecule has 8 heteroatoms. The Hall–Kier alpha value is -3.82. The Balaban J connectivity index is 1.74. The number of hydrogen-bond acceptors (Lipinski definition) is 5. The highest BCUT2D eigenvalue weighted by atomic mass is 19.1. The van der Waals surface area contributed by atoms with Crippen LogP contribution in [0, 0.1) is 5.82 Å². The Kier molecular flexibility index (Phi) is 12.1. The van der Waals surface area contributed by atoms with Gasteiger partial charge in [-0.1, -0.05) is 66.7 Å². The van der Waals surface area contributed by atoms with Crippen molar-refractivity contribution in [3.05, 3.63) is 107 Å². The second kappa shape index (κ2) is 16.0. The molecule has 45 heavy (non-hydrogen) atoms. The van der Waals surface area contributed by atoms with Gasteiger partial charge in [-0.3, -0.25) is 4.79 Å². The third-order valence-electron chi connectivity index (χ3n) is 7.93. The summed E-state index contributed by atoms with van der Waals surface area (Å²) in [6.45, 7) is 6.41. The number of nitrogens with one attached hydrogen (secondary N) is 1. The van der Waals surface area contributed by atoms with Gasteiger partial charge in [-0.2, -0.15) is 0 Å². The van der Waals surface area contributed by atoms with E-state index in [4.69, 9.17) is 5.11 Å². The Morgan fingerprint density at radius 1 is 0.822 bits per heavy atom. The number of aliphatic hydroxyl groups excluding tert-OH is 2. The van der Waals surface area contributed by atoms with Crippen molar-refractivity contribution < 1.29 is 24.5 Å². The van der Waals surface area contributed by atoms with E-state index in [1.807, 2.05) is 18.2 Å². The number of aromatic nitrogens is 1. The maximum absolute atomic E-state index is 14.1. The van der Waals surface area contributed by atoms with Crippen LogP contribution in [0.25, 0.3) is 22.3 Å². The fourth-order valence-corrected chi connectivity index (χ4v) is 6.05. The van der Waals surface area contributed by atoms with Crippen LogP contribution in [-0.2, 0) is 30.8 Å². The monoisotopic (exact) mass is 615 g/mol. The van der Waals surface area contributed by atoms with Gasteiger partial charge >= 0.3 is 5.97 Å². The summed E-state index contributed by atoms with van der Waals surface area (Å²) in [6.07, 6.45) is -1.61. The smallest absolute Gasteiger partial charge is 0.305 e. The molecular formula is C37H46FN3O4. The minimum Gasteiger partial charge on any atom is -0.481 e. The fraction of sp³-hybridized carbons (Fsp3) is 0.378. The number of aliphatic hydroxyl groups is 2. The van der Waals surface area contributed by atoms with Gasteiger partial charge in [0.25, 0.3) is 0 Å². The Morgan fingerprint density at radius 3 is 2.02 bits per heavy atom. The molecule has 4 rings (SSSR count). The van der Waals surface area contributed by atoms with Gasteiger partial charge in [-0.15, -0.1) is 0 Å². The third-order valence-corrected chi connectivity index (χ3v) is 7.93. The summed E-state index contributed by atoms with van der Waals surface area (Å²) in [7, 11) is 4.11. The highest BCUT2D eigenvalue weighted by Crippen LogP contribution is 2.42. The van der Waals surface area contributed by atoms with E-state index in [0.29, 0.717) is 25.9 Å². The molecule has 0 aliphatic carbocycles. The van der Waals surface area contributed by atoms with Gasteiger partial charge in [0, 0.05) is 48.2 Å². The van der Waals surface area contributed by atoms with Crippen molar-refractivity contribution in [3.8, 4) is 22.3 Å².